The maximum atomic E-state index is 13.6. The average Bonchev–Trinajstić information content (AvgIpc) is 3.65. The number of amides is 2. The smallest absolute Gasteiger partial charge is 0.251 e. The molecule has 0 spiro atoms. The Morgan fingerprint density at radius 2 is 1.71 bits per heavy atom. The molecule has 2 aromatic heterocycles. The fourth-order valence-corrected chi connectivity index (χ4v) is 7.80. The van der Waals surface area contributed by atoms with Gasteiger partial charge in [0.1, 0.15) is 5.75 Å². The lowest BCUT2D eigenvalue weighted by molar-refractivity contribution is 0.0904. The Hall–Kier alpha value is -5.30. The number of piperazine rings is 1. The van der Waals surface area contributed by atoms with E-state index in [1.165, 1.54) is 5.56 Å². The fourth-order valence-electron chi connectivity index (χ4n) is 7.80. The molecular formula is C44H54N8O4. The van der Waals surface area contributed by atoms with Crippen LogP contribution in [0.5, 0.6) is 5.75 Å². The average molecular weight is 759 g/mol. The number of anilines is 1. The molecule has 0 saturated carbocycles. The SMILES string of the molecule is CCc1nc2c(cnn2CC)c(NC2CCOCC2)c1CNC(=O)c1cccc(C(=O)NCc2ccc(OC)c(-c3cccc(CN4CCN[C@@H](C)C4)c3)c2)c1. The van der Waals surface area contributed by atoms with Gasteiger partial charge in [-0.3, -0.25) is 14.5 Å². The zero-order chi connectivity index (χ0) is 39.0. The number of aromatic nitrogens is 3. The predicted molar refractivity (Wildman–Crippen MR) is 220 cm³/mol. The first-order valence-electron chi connectivity index (χ1n) is 19.9. The second kappa shape index (κ2) is 18.1. The van der Waals surface area contributed by atoms with Gasteiger partial charge in [0.25, 0.3) is 11.8 Å². The zero-order valence-electron chi connectivity index (χ0n) is 33.0. The molecule has 2 aliphatic heterocycles. The summed E-state index contributed by atoms with van der Waals surface area (Å²) in [5, 5.41) is 19.0. The molecule has 12 heteroatoms. The molecular weight excluding hydrogens is 705 g/mol. The van der Waals surface area contributed by atoms with Crippen LogP contribution in [0.2, 0.25) is 0 Å². The van der Waals surface area contributed by atoms with Gasteiger partial charge < -0.3 is 30.7 Å². The third-order valence-corrected chi connectivity index (χ3v) is 10.8. The molecule has 1 atom stereocenters. The van der Waals surface area contributed by atoms with E-state index < -0.39 is 0 Å². The highest BCUT2D eigenvalue weighted by Crippen LogP contribution is 2.33. The van der Waals surface area contributed by atoms with E-state index in [9.17, 15) is 9.59 Å². The van der Waals surface area contributed by atoms with E-state index in [1.54, 1.807) is 31.4 Å². The molecule has 12 nitrogen and oxygen atoms in total. The number of aryl methyl sites for hydroxylation is 2. The highest BCUT2D eigenvalue weighted by atomic mass is 16.5. The number of ether oxygens (including phenoxy) is 2. The van der Waals surface area contributed by atoms with Crippen molar-refractivity contribution in [1.82, 2.24) is 35.6 Å². The van der Waals surface area contributed by atoms with E-state index in [0.717, 1.165) is 89.4 Å². The van der Waals surface area contributed by atoms with Crippen molar-refractivity contribution >= 4 is 28.5 Å². The molecule has 3 aromatic carbocycles. The van der Waals surface area contributed by atoms with Gasteiger partial charge in [-0.1, -0.05) is 37.3 Å². The van der Waals surface area contributed by atoms with Crippen LogP contribution in [-0.4, -0.2) is 83.5 Å². The Balaban J connectivity index is 1.03. The largest absolute Gasteiger partial charge is 0.496 e. The minimum Gasteiger partial charge on any atom is -0.496 e. The molecule has 0 aliphatic carbocycles. The maximum Gasteiger partial charge on any atom is 0.251 e. The lowest BCUT2D eigenvalue weighted by atomic mass is 9.99. The molecule has 294 valence electrons. The van der Waals surface area contributed by atoms with Crippen LogP contribution in [0.4, 0.5) is 5.69 Å². The third-order valence-electron chi connectivity index (χ3n) is 10.8. The van der Waals surface area contributed by atoms with Gasteiger partial charge in [-0.05, 0) is 86.2 Å². The number of pyridine rings is 1. The van der Waals surface area contributed by atoms with Gasteiger partial charge in [-0.25, -0.2) is 9.67 Å². The van der Waals surface area contributed by atoms with Crippen molar-refractivity contribution in [3.05, 3.63) is 106 Å². The summed E-state index contributed by atoms with van der Waals surface area (Å²) >= 11 is 0. The van der Waals surface area contributed by atoms with Crippen molar-refractivity contribution in [3.63, 3.8) is 0 Å². The Kier molecular flexibility index (Phi) is 12.6. The van der Waals surface area contributed by atoms with Crippen LogP contribution in [0.25, 0.3) is 22.2 Å². The molecule has 0 bridgehead atoms. The quantitative estimate of drug-likeness (QED) is 0.109. The summed E-state index contributed by atoms with van der Waals surface area (Å²) in [7, 11) is 1.68. The molecule has 7 rings (SSSR count). The van der Waals surface area contributed by atoms with E-state index in [-0.39, 0.29) is 24.4 Å². The van der Waals surface area contributed by atoms with Gasteiger partial charge in [0.05, 0.1) is 24.4 Å². The molecule has 2 saturated heterocycles. The zero-order valence-corrected chi connectivity index (χ0v) is 33.0. The van der Waals surface area contributed by atoms with Crippen LogP contribution in [0.15, 0.2) is 72.9 Å². The maximum absolute atomic E-state index is 13.6. The summed E-state index contributed by atoms with van der Waals surface area (Å²) in [5.41, 5.74) is 8.71. The molecule has 56 heavy (non-hydrogen) atoms. The lowest BCUT2D eigenvalue weighted by Gasteiger charge is -2.31. The molecule has 0 unspecified atom stereocenters. The minimum atomic E-state index is -0.267. The number of nitrogens with one attached hydrogen (secondary N) is 4. The summed E-state index contributed by atoms with van der Waals surface area (Å²) in [6.07, 6.45) is 4.36. The Bertz CT molecular complexity index is 2160. The van der Waals surface area contributed by atoms with E-state index in [2.05, 4.69) is 82.4 Å². The van der Waals surface area contributed by atoms with Crippen LogP contribution in [0.1, 0.15) is 76.7 Å². The molecule has 0 radical (unpaired) electrons. The van der Waals surface area contributed by atoms with Crippen molar-refractivity contribution in [2.24, 2.45) is 0 Å². The lowest BCUT2D eigenvalue weighted by Crippen LogP contribution is -2.48. The number of carbonyl (C=O) groups excluding carboxylic acids is 2. The topological polar surface area (TPSA) is 135 Å². The molecule has 4 heterocycles. The number of carbonyl (C=O) groups is 2. The van der Waals surface area contributed by atoms with Crippen molar-refractivity contribution in [1.29, 1.82) is 0 Å². The highest BCUT2D eigenvalue weighted by molar-refractivity contribution is 6.00. The van der Waals surface area contributed by atoms with Gasteiger partial charge >= 0.3 is 0 Å². The molecule has 2 amide bonds. The second-order valence-electron chi connectivity index (χ2n) is 14.8. The first kappa shape index (κ1) is 39.0. The van der Waals surface area contributed by atoms with E-state index in [1.807, 2.05) is 23.0 Å². The van der Waals surface area contributed by atoms with E-state index in [0.29, 0.717) is 49.9 Å². The van der Waals surface area contributed by atoms with Gasteiger partial charge in [-0.15, -0.1) is 0 Å². The molecule has 2 aliphatic rings. The Morgan fingerprint density at radius 1 is 0.946 bits per heavy atom. The van der Waals surface area contributed by atoms with Gasteiger partial charge in [-0.2, -0.15) is 5.10 Å². The van der Waals surface area contributed by atoms with Crippen molar-refractivity contribution < 1.29 is 19.1 Å². The first-order valence-corrected chi connectivity index (χ1v) is 19.9. The van der Waals surface area contributed by atoms with Crippen LogP contribution in [0, 0.1) is 0 Å². The minimum absolute atomic E-state index is 0.251. The van der Waals surface area contributed by atoms with Crippen LogP contribution < -0.4 is 26.0 Å². The Morgan fingerprint density at radius 3 is 2.45 bits per heavy atom. The second-order valence-corrected chi connectivity index (χ2v) is 14.8. The van der Waals surface area contributed by atoms with Crippen LogP contribution in [-0.2, 0) is 37.3 Å². The fraction of sp³-hybridized carbons (Fsp3) is 0.409. The van der Waals surface area contributed by atoms with Gasteiger partial charge in [0.15, 0.2) is 5.65 Å². The highest BCUT2D eigenvalue weighted by Gasteiger charge is 2.23. The van der Waals surface area contributed by atoms with Gasteiger partial charge in [0.2, 0.25) is 0 Å². The van der Waals surface area contributed by atoms with Gasteiger partial charge in [0, 0.05) is 99.1 Å². The van der Waals surface area contributed by atoms with Crippen molar-refractivity contribution in [2.45, 2.75) is 78.3 Å². The monoisotopic (exact) mass is 758 g/mol. The van der Waals surface area contributed by atoms with Crippen LogP contribution in [0.3, 0.4) is 0 Å². The van der Waals surface area contributed by atoms with E-state index in [4.69, 9.17) is 14.5 Å². The summed E-state index contributed by atoms with van der Waals surface area (Å²) in [4.78, 5) is 34.6. The Labute approximate surface area is 329 Å². The summed E-state index contributed by atoms with van der Waals surface area (Å²) in [5.74, 6) is 0.246. The van der Waals surface area contributed by atoms with Crippen LogP contribution >= 0.6 is 0 Å². The van der Waals surface area contributed by atoms with Crippen molar-refractivity contribution in [3.8, 4) is 16.9 Å². The standard InChI is InChI=1S/C44H54N8O4/c1-5-39-37(41(49-35-15-19-56-20-16-35)38-26-48-52(6-2)42(38)50-39)25-47-44(54)34-12-8-11-33(23-34)43(53)46-24-30-13-14-40(55-4)36(22-30)32-10-7-9-31(21-32)28-51-18-17-45-29(3)27-51/h7-14,21-23,26,29,35,45H,5-6,15-20,24-25,27-28H2,1-4H3,(H,46,53)(H,47,54)(H,49,50)/t29-/m0/s1. The molecule has 5 aromatic rings. The predicted octanol–water partition coefficient (Wildman–Crippen LogP) is 5.93. The number of nitrogens with zero attached hydrogens (tertiary/aromatic N) is 4. The van der Waals surface area contributed by atoms with Crippen molar-refractivity contribution in [2.75, 3.05) is 45.3 Å². The number of methoxy groups -OCH3 is 1. The summed E-state index contributed by atoms with van der Waals surface area (Å²) in [6, 6.07) is 22.2. The number of rotatable bonds is 14. The number of hydrogen-bond acceptors (Lipinski definition) is 9. The summed E-state index contributed by atoms with van der Waals surface area (Å²) in [6.45, 7) is 13.0. The number of hydrogen-bond donors (Lipinski definition) is 4. The van der Waals surface area contributed by atoms with E-state index >= 15 is 0 Å². The first-order chi connectivity index (χ1) is 27.3. The molecule has 4 N–H and O–H groups in total. The molecule has 2 fully saturated rings. The number of benzene rings is 3. The third kappa shape index (κ3) is 9.04. The normalized spacial score (nSPS) is 16.5. The summed E-state index contributed by atoms with van der Waals surface area (Å²) < 4.78 is 13.3. The number of fused-ring (bicyclic) bond motifs is 1.